The van der Waals surface area contributed by atoms with Gasteiger partial charge >= 0.3 is 0 Å². The van der Waals surface area contributed by atoms with Crippen molar-refractivity contribution in [2.24, 2.45) is 0 Å². The van der Waals surface area contributed by atoms with Crippen molar-refractivity contribution in [1.29, 1.82) is 5.26 Å². The number of halogens is 2. The average molecular weight is 343 g/mol. The van der Waals surface area contributed by atoms with Gasteiger partial charge in [0.05, 0.1) is 12.6 Å². The SMILES string of the molecule is N#CCN1CCN(C(=O)c2cc(Cl)cc(Br)c2)CC1. The van der Waals surface area contributed by atoms with Gasteiger partial charge in [0.2, 0.25) is 0 Å². The van der Waals surface area contributed by atoms with Gasteiger partial charge in [0.15, 0.2) is 0 Å². The van der Waals surface area contributed by atoms with E-state index in [1.165, 1.54) is 0 Å². The van der Waals surface area contributed by atoms with E-state index in [0.29, 0.717) is 30.2 Å². The zero-order valence-electron chi connectivity index (χ0n) is 10.3. The number of carbonyl (C=O) groups excluding carboxylic acids is 1. The van der Waals surface area contributed by atoms with Gasteiger partial charge in [-0.15, -0.1) is 0 Å². The summed E-state index contributed by atoms with van der Waals surface area (Å²) in [4.78, 5) is 16.2. The number of hydrogen-bond donors (Lipinski definition) is 0. The Morgan fingerprint density at radius 2 is 2.00 bits per heavy atom. The van der Waals surface area contributed by atoms with Crippen LogP contribution in [0.2, 0.25) is 5.02 Å². The number of carbonyl (C=O) groups is 1. The molecule has 0 N–H and O–H groups in total. The molecule has 100 valence electrons. The fraction of sp³-hybridized carbons (Fsp3) is 0.385. The monoisotopic (exact) mass is 341 g/mol. The van der Waals surface area contributed by atoms with Crippen LogP contribution in [0.25, 0.3) is 0 Å². The molecule has 0 saturated carbocycles. The van der Waals surface area contributed by atoms with E-state index in [4.69, 9.17) is 16.9 Å². The summed E-state index contributed by atoms with van der Waals surface area (Å²) in [6, 6.07) is 7.33. The van der Waals surface area contributed by atoms with Gasteiger partial charge in [-0.1, -0.05) is 27.5 Å². The van der Waals surface area contributed by atoms with Crippen LogP contribution in [0.1, 0.15) is 10.4 Å². The Balaban J connectivity index is 2.03. The standard InChI is InChI=1S/C13H13BrClN3O/c14-11-7-10(8-12(15)9-11)13(19)18-5-3-17(2-1-16)4-6-18/h7-9H,2-6H2. The average Bonchev–Trinajstić information content (AvgIpc) is 2.38. The first-order chi connectivity index (χ1) is 9.10. The maximum Gasteiger partial charge on any atom is 0.254 e. The van der Waals surface area contributed by atoms with Crippen LogP contribution in [0.4, 0.5) is 0 Å². The molecule has 1 saturated heterocycles. The van der Waals surface area contributed by atoms with Crippen molar-refractivity contribution in [2.45, 2.75) is 0 Å². The molecule has 1 aromatic carbocycles. The number of benzene rings is 1. The third kappa shape index (κ3) is 3.69. The predicted molar refractivity (Wildman–Crippen MR) is 77.1 cm³/mol. The molecule has 1 aromatic rings. The Morgan fingerprint density at radius 3 is 2.58 bits per heavy atom. The number of nitriles is 1. The summed E-state index contributed by atoms with van der Waals surface area (Å²) in [5.41, 5.74) is 0.591. The van der Waals surface area contributed by atoms with Gasteiger partial charge in [-0.25, -0.2) is 0 Å². The number of hydrogen-bond acceptors (Lipinski definition) is 3. The quantitative estimate of drug-likeness (QED) is 0.775. The van der Waals surface area contributed by atoms with E-state index >= 15 is 0 Å². The summed E-state index contributed by atoms with van der Waals surface area (Å²) in [5.74, 6) is -0.0141. The molecule has 0 aromatic heterocycles. The first-order valence-corrected chi connectivity index (χ1v) is 7.12. The van der Waals surface area contributed by atoms with Gasteiger partial charge in [0.25, 0.3) is 5.91 Å². The molecule has 0 aliphatic carbocycles. The zero-order valence-corrected chi connectivity index (χ0v) is 12.6. The summed E-state index contributed by atoms with van der Waals surface area (Å²) < 4.78 is 0.798. The lowest BCUT2D eigenvalue weighted by Crippen LogP contribution is -2.48. The largest absolute Gasteiger partial charge is 0.336 e. The second-order valence-corrected chi connectivity index (χ2v) is 5.74. The van der Waals surface area contributed by atoms with Crippen LogP contribution in [0.5, 0.6) is 0 Å². The Bertz CT molecular complexity index is 501. The molecule has 4 nitrogen and oxygen atoms in total. The molecule has 1 amide bonds. The highest BCUT2D eigenvalue weighted by Crippen LogP contribution is 2.21. The van der Waals surface area contributed by atoms with Gasteiger partial charge in [-0.05, 0) is 18.2 Å². The molecular weight excluding hydrogens is 330 g/mol. The molecule has 2 rings (SSSR count). The molecule has 6 heteroatoms. The molecular formula is C13H13BrClN3O. The highest BCUT2D eigenvalue weighted by Gasteiger charge is 2.22. The summed E-state index contributed by atoms with van der Waals surface area (Å²) in [7, 11) is 0. The van der Waals surface area contributed by atoms with Crippen molar-refractivity contribution < 1.29 is 4.79 Å². The topological polar surface area (TPSA) is 47.3 Å². The highest BCUT2D eigenvalue weighted by atomic mass is 79.9. The van der Waals surface area contributed by atoms with E-state index in [0.717, 1.165) is 17.6 Å². The molecule has 1 aliphatic rings. The van der Waals surface area contributed by atoms with E-state index in [9.17, 15) is 4.79 Å². The van der Waals surface area contributed by atoms with Crippen LogP contribution in [-0.2, 0) is 0 Å². The summed E-state index contributed by atoms with van der Waals surface area (Å²) >= 11 is 9.29. The summed E-state index contributed by atoms with van der Waals surface area (Å²) in [6.07, 6.45) is 0. The number of rotatable bonds is 2. The van der Waals surface area contributed by atoms with Gasteiger partial charge in [0.1, 0.15) is 0 Å². The second-order valence-electron chi connectivity index (χ2n) is 4.38. The van der Waals surface area contributed by atoms with Crippen LogP contribution < -0.4 is 0 Å². The van der Waals surface area contributed by atoms with Gasteiger partial charge in [-0.3, -0.25) is 9.69 Å². The maximum absolute atomic E-state index is 12.3. The lowest BCUT2D eigenvalue weighted by molar-refractivity contribution is 0.0651. The van der Waals surface area contributed by atoms with Gasteiger partial charge in [-0.2, -0.15) is 5.26 Å². The van der Waals surface area contributed by atoms with E-state index in [1.54, 1.807) is 23.1 Å². The minimum Gasteiger partial charge on any atom is -0.336 e. The van der Waals surface area contributed by atoms with E-state index in [2.05, 4.69) is 22.0 Å². The van der Waals surface area contributed by atoms with Crippen LogP contribution >= 0.6 is 27.5 Å². The molecule has 0 unspecified atom stereocenters. The minimum absolute atomic E-state index is 0.0141. The van der Waals surface area contributed by atoms with Gasteiger partial charge < -0.3 is 4.90 Å². The lowest BCUT2D eigenvalue weighted by atomic mass is 10.2. The molecule has 0 radical (unpaired) electrons. The zero-order chi connectivity index (χ0) is 13.8. The molecule has 19 heavy (non-hydrogen) atoms. The van der Waals surface area contributed by atoms with E-state index in [1.807, 2.05) is 4.90 Å². The van der Waals surface area contributed by atoms with Crippen molar-refractivity contribution in [3.05, 3.63) is 33.3 Å². The van der Waals surface area contributed by atoms with Crippen molar-refractivity contribution in [1.82, 2.24) is 9.80 Å². The number of nitrogens with zero attached hydrogens (tertiary/aromatic N) is 3. The van der Waals surface area contributed by atoms with Crippen LogP contribution in [-0.4, -0.2) is 48.4 Å². The van der Waals surface area contributed by atoms with E-state index in [-0.39, 0.29) is 5.91 Å². The Hall–Kier alpha value is -1.09. The third-order valence-corrected chi connectivity index (χ3v) is 3.74. The molecule has 0 bridgehead atoms. The lowest BCUT2D eigenvalue weighted by Gasteiger charge is -2.33. The fourth-order valence-corrected chi connectivity index (χ4v) is 2.93. The second kappa shape index (κ2) is 6.38. The van der Waals surface area contributed by atoms with E-state index < -0.39 is 0 Å². The molecule has 1 fully saturated rings. The predicted octanol–water partition coefficient (Wildman–Crippen LogP) is 2.38. The maximum atomic E-state index is 12.3. The molecule has 1 heterocycles. The summed E-state index contributed by atoms with van der Waals surface area (Å²) in [5, 5.41) is 9.18. The Morgan fingerprint density at radius 1 is 1.32 bits per heavy atom. The first kappa shape index (κ1) is 14.3. The van der Waals surface area contributed by atoms with Crippen LogP contribution in [0, 0.1) is 11.3 Å². The third-order valence-electron chi connectivity index (χ3n) is 3.06. The van der Waals surface area contributed by atoms with Crippen molar-refractivity contribution in [2.75, 3.05) is 32.7 Å². The van der Waals surface area contributed by atoms with Crippen molar-refractivity contribution >= 4 is 33.4 Å². The number of amides is 1. The van der Waals surface area contributed by atoms with Crippen LogP contribution in [0.3, 0.4) is 0 Å². The molecule has 0 spiro atoms. The van der Waals surface area contributed by atoms with Gasteiger partial charge in [0, 0.05) is 41.2 Å². The molecule has 0 atom stereocenters. The van der Waals surface area contributed by atoms with Crippen molar-refractivity contribution in [3.8, 4) is 6.07 Å². The smallest absolute Gasteiger partial charge is 0.254 e. The number of piperazine rings is 1. The van der Waals surface area contributed by atoms with Crippen molar-refractivity contribution in [3.63, 3.8) is 0 Å². The normalized spacial score (nSPS) is 16.2. The highest BCUT2D eigenvalue weighted by molar-refractivity contribution is 9.10. The van der Waals surface area contributed by atoms with Crippen LogP contribution in [0.15, 0.2) is 22.7 Å². The Kier molecular flexibility index (Phi) is 4.81. The minimum atomic E-state index is -0.0141. The Labute approximate surface area is 125 Å². The summed E-state index contributed by atoms with van der Waals surface area (Å²) in [6.45, 7) is 3.18. The molecule has 1 aliphatic heterocycles. The first-order valence-electron chi connectivity index (χ1n) is 5.95. The fourth-order valence-electron chi connectivity index (χ4n) is 2.07.